The van der Waals surface area contributed by atoms with E-state index in [1.165, 1.54) is 70.6 Å². The molecule has 0 heterocycles. The minimum atomic E-state index is 0.859. The lowest BCUT2D eigenvalue weighted by Gasteiger charge is -1.99. The summed E-state index contributed by atoms with van der Waals surface area (Å²) in [6, 6.07) is 0. The van der Waals surface area contributed by atoms with Crippen LogP contribution in [-0.4, -0.2) is 6.54 Å². The molecule has 0 spiro atoms. The summed E-state index contributed by atoms with van der Waals surface area (Å²) < 4.78 is 0. The minimum Gasteiger partial charge on any atom is -0.330 e. The molecule has 0 bridgehead atoms. The number of allylic oxidation sites excluding steroid dienone is 4. The molecule has 1 heteroatoms. The number of hydrogen-bond donors (Lipinski definition) is 1. The Morgan fingerprint density at radius 3 is 1.74 bits per heavy atom. The second kappa shape index (κ2) is 17.4. The molecule has 0 aromatic carbocycles. The summed E-state index contributed by atoms with van der Waals surface area (Å²) in [7, 11) is 0. The Hall–Kier alpha value is -0.560. The number of unbranched alkanes of at least 4 members (excludes halogenated alkanes) is 9. The standard InChI is InChI=1S/C18H35N/c1-2-3-4-5-6-7-8-9-10-11-12-13-14-15-16-17-18-19/h5-6,8-9H,2-4,7,10-19H2,1H3. The summed E-state index contributed by atoms with van der Waals surface area (Å²) >= 11 is 0. The van der Waals surface area contributed by atoms with E-state index < -0.39 is 0 Å². The van der Waals surface area contributed by atoms with Gasteiger partial charge in [-0.25, -0.2) is 0 Å². The molecular formula is C18H35N. The molecule has 0 amide bonds. The van der Waals surface area contributed by atoms with Gasteiger partial charge in [0, 0.05) is 0 Å². The molecule has 0 atom stereocenters. The highest BCUT2D eigenvalue weighted by Gasteiger charge is 1.90. The molecule has 112 valence electrons. The molecule has 0 aromatic rings. The van der Waals surface area contributed by atoms with Crippen LogP contribution in [0.15, 0.2) is 24.3 Å². The average molecular weight is 265 g/mol. The van der Waals surface area contributed by atoms with E-state index in [4.69, 9.17) is 5.73 Å². The quantitative estimate of drug-likeness (QED) is 0.314. The molecular weight excluding hydrogens is 230 g/mol. The van der Waals surface area contributed by atoms with Crippen LogP contribution in [0.2, 0.25) is 0 Å². The Kier molecular flexibility index (Phi) is 16.9. The first kappa shape index (κ1) is 18.4. The molecule has 0 unspecified atom stereocenters. The zero-order valence-corrected chi connectivity index (χ0v) is 13.1. The fourth-order valence-electron chi connectivity index (χ4n) is 2.12. The first-order valence-electron chi connectivity index (χ1n) is 8.42. The zero-order chi connectivity index (χ0) is 14.0. The van der Waals surface area contributed by atoms with Gasteiger partial charge in [-0.05, 0) is 38.6 Å². The highest BCUT2D eigenvalue weighted by molar-refractivity contribution is 4.92. The molecule has 0 aromatic heterocycles. The first-order valence-corrected chi connectivity index (χ1v) is 8.42. The summed E-state index contributed by atoms with van der Waals surface area (Å²) in [5, 5.41) is 0. The summed E-state index contributed by atoms with van der Waals surface area (Å²) in [5.41, 5.74) is 5.47. The van der Waals surface area contributed by atoms with Gasteiger partial charge in [-0.2, -0.15) is 0 Å². The lowest BCUT2D eigenvalue weighted by atomic mass is 10.1. The van der Waals surface area contributed by atoms with Gasteiger partial charge in [0.1, 0.15) is 0 Å². The van der Waals surface area contributed by atoms with E-state index in [0.717, 1.165) is 13.0 Å². The smallest absolute Gasteiger partial charge is 0.00773 e. The molecule has 2 N–H and O–H groups in total. The van der Waals surface area contributed by atoms with Crippen LogP contribution >= 0.6 is 0 Å². The Morgan fingerprint density at radius 2 is 1.16 bits per heavy atom. The minimum absolute atomic E-state index is 0.859. The van der Waals surface area contributed by atoms with E-state index in [0.29, 0.717) is 0 Å². The van der Waals surface area contributed by atoms with Crippen LogP contribution < -0.4 is 5.73 Å². The predicted molar refractivity (Wildman–Crippen MR) is 88.4 cm³/mol. The van der Waals surface area contributed by atoms with E-state index in [-0.39, 0.29) is 0 Å². The molecule has 0 fully saturated rings. The summed E-state index contributed by atoms with van der Waals surface area (Å²) in [6.45, 7) is 3.10. The summed E-state index contributed by atoms with van der Waals surface area (Å²) in [5.74, 6) is 0. The van der Waals surface area contributed by atoms with Gasteiger partial charge < -0.3 is 5.73 Å². The number of nitrogens with two attached hydrogens (primary N) is 1. The second-order valence-corrected chi connectivity index (χ2v) is 5.37. The van der Waals surface area contributed by atoms with Gasteiger partial charge in [0.2, 0.25) is 0 Å². The largest absolute Gasteiger partial charge is 0.330 e. The van der Waals surface area contributed by atoms with E-state index >= 15 is 0 Å². The highest BCUT2D eigenvalue weighted by Crippen LogP contribution is 2.08. The van der Waals surface area contributed by atoms with E-state index in [1.807, 2.05) is 0 Å². The van der Waals surface area contributed by atoms with Crippen LogP contribution in [0, 0.1) is 0 Å². The Labute approximate surface area is 121 Å². The fourth-order valence-corrected chi connectivity index (χ4v) is 2.12. The normalized spacial score (nSPS) is 11.9. The van der Waals surface area contributed by atoms with Gasteiger partial charge in [0.15, 0.2) is 0 Å². The van der Waals surface area contributed by atoms with Crippen molar-refractivity contribution in [3.63, 3.8) is 0 Å². The SMILES string of the molecule is CCCCC=CCC=CCCCCCCCCCN. The van der Waals surface area contributed by atoms with Crippen LogP contribution in [0.1, 0.15) is 84.0 Å². The van der Waals surface area contributed by atoms with E-state index in [2.05, 4.69) is 31.2 Å². The van der Waals surface area contributed by atoms with E-state index in [1.54, 1.807) is 0 Å². The summed E-state index contributed by atoms with van der Waals surface area (Å²) in [6.07, 6.45) is 24.9. The van der Waals surface area contributed by atoms with E-state index in [9.17, 15) is 0 Å². The number of rotatable bonds is 14. The van der Waals surface area contributed by atoms with Crippen molar-refractivity contribution in [2.45, 2.75) is 84.0 Å². The fraction of sp³-hybridized carbons (Fsp3) is 0.778. The third-order valence-corrected chi connectivity index (χ3v) is 3.40. The van der Waals surface area contributed by atoms with Crippen LogP contribution in [0.25, 0.3) is 0 Å². The Bertz CT molecular complexity index is 206. The monoisotopic (exact) mass is 265 g/mol. The first-order chi connectivity index (χ1) is 9.41. The number of hydrogen-bond acceptors (Lipinski definition) is 1. The van der Waals surface area contributed by atoms with Crippen molar-refractivity contribution in [3.05, 3.63) is 24.3 Å². The maximum Gasteiger partial charge on any atom is -0.00773 e. The topological polar surface area (TPSA) is 26.0 Å². The lowest BCUT2D eigenvalue weighted by Crippen LogP contribution is -1.97. The van der Waals surface area contributed by atoms with Crippen LogP contribution in [-0.2, 0) is 0 Å². The van der Waals surface area contributed by atoms with Gasteiger partial charge >= 0.3 is 0 Å². The van der Waals surface area contributed by atoms with Crippen molar-refractivity contribution in [1.29, 1.82) is 0 Å². The lowest BCUT2D eigenvalue weighted by molar-refractivity contribution is 0.584. The third-order valence-electron chi connectivity index (χ3n) is 3.40. The van der Waals surface area contributed by atoms with Crippen LogP contribution in [0.4, 0.5) is 0 Å². The average Bonchev–Trinajstić information content (AvgIpc) is 2.43. The van der Waals surface area contributed by atoms with Crippen molar-refractivity contribution in [2.24, 2.45) is 5.73 Å². The Balaban J connectivity index is 3.10. The molecule has 0 saturated carbocycles. The molecule has 0 aliphatic heterocycles. The van der Waals surface area contributed by atoms with Crippen molar-refractivity contribution >= 4 is 0 Å². The van der Waals surface area contributed by atoms with Crippen molar-refractivity contribution < 1.29 is 0 Å². The van der Waals surface area contributed by atoms with Crippen molar-refractivity contribution in [2.75, 3.05) is 6.54 Å². The zero-order valence-electron chi connectivity index (χ0n) is 13.1. The van der Waals surface area contributed by atoms with Gasteiger partial charge in [-0.1, -0.05) is 76.2 Å². The molecule has 0 saturated heterocycles. The third kappa shape index (κ3) is 17.4. The Morgan fingerprint density at radius 1 is 0.632 bits per heavy atom. The molecule has 1 nitrogen and oxygen atoms in total. The van der Waals surface area contributed by atoms with Gasteiger partial charge in [-0.15, -0.1) is 0 Å². The molecule has 0 aliphatic carbocycles. The van der Waals surface area contributed by atoms with Gasteiger partial charge in [0.25, 0.3) is 0 Å². The molecule has 0 rings (SSSR count). The molecule has 19 heavy (non-hydrogen) atoms. The van der Waals surface area contributed by atoms with Crippen molar-refractivity contribution in [1.82, 2.24) is 0 Å². The van der Waals surface area contributed by atoms with Crippen LogP contribution in [0.5, 0.6) is 0 Å². The van der Waals surface area contributed by atoms with Gasteiger partial charge in [-0.3, -0.25) is 0 Å². The highest BCUT2D eigenvalue weighted by atomic mass is 14.5. The second-order valence-electron chi connectivity index (χ2n) is 5.37. The molecule has 0 aliphatic rings. The molecule has 0 radical (unpaired) electrons. The van der Waals surface area contributed by atoms with Gasteiger partial charge in [0.05, 0.1) is 0 Å². The van der Waals surface area contributed by atoms with Crippen LogP contribution in [0.3, 0.4) is 0 Å². The maximum absolute atomic E-state index is 5.47. The summed E-state index contributed by atoms with van der Waals surface area (Å²) in [4.78, 5) is 0. The van der Waals surface area contributed by atoms with Crippen molar-refractivity contribution in [3.8, 4) is 0 Å². The predicted octanol–water partition coefficient (Wildman–Crippen LogP) is 5.76. The maximum atomic E-state index is 5.47.